The molecule has 0 saturated carbocycles. The SMILES string of the molecule is C.COc1cc(F)c([N+](=O)[O-])cc1N.Fc1cnc(Cl)nc1-c1c2n(c3ccccc13)CCOC2.Fc1cnc(Cl)nc1Cl.c1ccc2c(c1)cc1n2CCOC1. The number of ether oxygens (including phenoxy) is 3. The van der Waals surface area contributed by atoms with E-state index in [1.54, 1.807) is 0 Å². The molecule has 0 radical (unpaired) electrons. The van der Waals surface area contributed by atoms with Crippen LogP contribution >= 0.6 is 34.8 Å². The van der Waals surface area contributed by atoms with Crippen molar-refractivity contribution in [3.63, 3.8) is 0 Å². The fourth-order valence-electron chi connectivity index (χ4n) is 6.06. The van der Waals surface area contributed by atoms with Gasteiger partial charge in [0.15, 0.2) is 16.8 Å². The lowest BCUT2D eigenvalue weighted by Gasteiger charge is -2.18. The quantitative estimate of drug-likeness (QED) is 0.0597. The molecule has 0 atom stereocenters. The van der Waals surface area contributed by atoms with E-state index in [4.69, 9.17) is 50.0 Å². The number of para-hydroxylation sites is 2. The number of anilines is 1. The Labute approximate surface area is 338 Å². The van der Waals surface area contributed by atoms with E-state index in [2.05, 4.69) is 64.1 Å². The molecule has 2 N–H and O–H groups in total. The first kappa shape index (κ1) is 42.6. The first-order valence-electron chi connectivity index (χ1n) is 16.6. The third-order valence-electron chi connectivity index (χ3n) is 8.50. The highest BCUT2D eigenvalue weighted by Crippen LogP contribution is 2.37. The zero-order valence-corrected chi connectivity index (χ0v) is 31.5. The number of nitrogens with zero attached hydrogens (tertiary/aromatic N) is 7. The maximum Gasteiger partial charge on any atom is 0.307 e. The molecule has 4 aromatic heterocycles. The maximum atomic E-state index is 14.2. The number of nitrogens with two attached hydrogens (primary N) is 1. The van der Waals surface area contributed by atoms with Gasteiger partial charge in [-0.15, -0.1) is 0 Å². The van der Waals surface area contributed by atoms with Crippen LogP contribution in [-0.4, -0.2) is 54.3 Å². The normalized spacial score (nSPS) is 12.7. The van der Waals surface area contributed by atoms with Crippen molar-refractivity contribution < 1.29 is 32.3 Å². The molecule has 0 amide bonds. The van der Waals surface area contributed by atoms with E-state index in [9.17, 15) is 23.3 Å². The standard InChI is InChI=1S/C15H11ClFN3O.C11H11NO.C7H7FN2O3.C4HCl2FN2.CH4/c16-15-18-7-10(17)14(19-15)13-9-3-1-2-4-11(9)20-5-6-21-8-12(13)20;1-2-4-11-9(3-1)7-10-8-13-6-5-12(10)11;1-13-7-2-4(8)6(10(11)12)3-5(7)9;5-3-2(7)1-8-4(6)9-3;/h1-4,7H,5-6,8H2;1-4,7H,5-6,8H2;2-3H,9H2,1H3;1H;1H4. The molecule has 0 bridgehead atoms. The van der Waals surface area contributed by atoms with Crippen LogP contribution in [0.1, 0.15) is 18.8 Å². The number of aromatic nitrogens is 6. The van der Waals surface area contributed by atoms with Crippen molar-refractivity contribution in [1.29, 1.82) is 0 Å². The molecule has 2 aliphatic heterocycles. The van der Waals surface area contributed by atoms with E-state index in [1.165, 1.54) is 23.7 Å². The second kappa shape index (κ2) is 19.1. The Morgan fingerprint density at radius 2 is 1.46 bits per heavy atom. The van der Waals surface area contributed by atoms with Gasteiger partial charge in [-0.2, -0.15) is 4.39 Å². The number of benzene rings is 3. The van der Waals surface area contributed by atoms with Gasteiger partial charge in [0.2, 0.25) is 16.4 Å². The van der Waals surface area contributed by atoms with Gasteiger partial charge in [-0.3, -0.25) is 10.1 Å². The fourth-order valence-corrected chi connectivity index (χ4v) is 6.50. The van der Waals surface area contributed by atoms with Crippen molar-refractivity contribution in [1.82, 2.24) is 29.1 Å². The molecule has 0 saturated heterocycles. The van der Waals surface area contributed by atoms with Crippen molar-refractivity contribution in [2.24, 2.45) is 0 Å². The Morgan fingerprint density at radius 1 is 0.825 bits per heavy atom. The van der Waals surface area contributed by atoms with Crippen LogP contribution in [0, 0.1) is 27.6 Å². The molecule has 3 aromatic carbocycles. The summed E-state index contributed by atoms with van der Waals surface area (Å²) in [5, 5.41) is 12.2. The molecule has 0 spiro atoms. The van der Waals surface area contributed by atoms with Gasteiger partial charge in [-0.25, -0.2) is 28.7 Å². The number of nitrogen functional groups attached to an aromatic ring is 1. The van der Waals surface area contributed by atoms with Crippen LogP contribution < -0.4 is 10.5 Å². The number of nitro benzene ring substituents is 1. The average Bonchev–Trinajstić information content (AvgIpc) is 3.75. The summed E-state index contributed by atoms with van der Waals surface area (Å²) in [4.78, 5) is 23.8. The van der Waals surface area contributed by atoms with Crippen LogP contribution in [0.25, 0.3) is 33.1 Å². The smallest absolute Gasteiger partial charge is 0.307 e. The topological polar surface area (TPSA) is 158 Å². The van der Waals surface area contributed by atoms with E-state index >= 15 is 0 Å². The summed E-state index contributed by atoms with van der Waals surface area (Å²) < 4.78 is 59.4. The summed E-state index contributed by atoms with van der Waals surface area (Å²) in [6.45, 7) is 4.42. The van der Waals surface area contributed by atoms with Gasteiger partial charge in [0.1, 0.15) is 11.4 Å². The van der Waals surface area contributed by atoms with Crippen LogP contribution in [0.4, 0.5) is 24.5 Å². The Morgan fingerprint density at radius 3 is 2.14 bits per heavy atom. The molecule has 9 rings (SSSR count). The van der Waals surface area contributed by atoms with Crippen LogP contribution in [0.15, 0.2) is 79.1 Å². The minimum atomic E-state index is -0.962. The lowest BCUT2D eigenvalue weighted by Crippen LogP contribution is -2.16. The predicted octanol–water partition coefficient (Wildman–Crippen LogP) is 9.48. The number of fused-ring (bicyclic) bond motifs is 6. The number of hydrogen-bond donors (Lipinski definition) is 1. The van der Waals surface area contributed by atoms with Crippen molar-refractivity contribution in [2.45, 2.75) is 33.7 Å². The van der Waals surface area contributed by atoms with Gasteiger partial charge < -0.3 is 29.1 Å². The molecule has 6 heterocycles. The second-order valence-corrected chi connectivity index (χ2v) is 12.9. The number of nitro groups is 1. The fraction of sp³-hybridized carbons (Fsp3) is 0.211. The second-order valence-electron chi connectivity index (χ2n) is 11.9. The molecular formula is C38H34Cl3F3N8O5. The van der Waals surface area contributed by atoms with Gasteiger partial charge in [0.05, 0.1) is 62.2 Å². The first-order valence-corrected chi connectivity index (χ1v) is 17.7. The van der Waals surface area contributed by atoms with E-state index in [-0.39, 0.29) is 40.3 Å². The molecule has 7 aromatic rings. The van der Waals surface area contributed by atoms with Gasteiger partial charge in [0.25, 0.3) is 0 Å². The predicted molar refractivity (Wildman–Crippen MR) is 212 cm³/mol. The third kappa shape index (κ3) is 9.72. The number of rotatable bonds is 3. The van der Waals surface area contributed by atoms with Crippen LogP contribution in [0.3, 0.4) is 0 Å². The largest absolute Gasteiger partial charge is 0.494 e. The molecule has 2 aliphatic rings. The highest BCUT2D eigenvalue weighted by Gasteiger charge is 2.24. The molecular weight excluding hydrogens is 812 g/mol. The molecule has 0 unspecified atom stereocenters. The zero-order valence-electron chi connectivity index (χ0n) is 29.3. The molecule has 298 valence electrons. The summed E-state index contributed by atoms with van der Waals surface area (Å²) in [5.74, 6) is -2.02. The Kier molecular flexibility index (Phi) is 14.3. The molecule has 0 aliphatic carbocycles. The van der Waals surface area contributed by atoms with Gasteiger partial charge in [-0.1, -0.05) is 55.4 Å². The number of hydrogen-bond acceptors (Lipinski definition) is 10. The lowest BCUT2D eigenvalue weighted by molar-refractivity contribution is -0.387. The third-order valence-corrected chi connectivity index (χ3v) is 9.13. The molecule has 19 heteroatoms. The maximum absolute atomic E-state index is 14.2. The van der Waals surface area contributed by atoms with Crippen LogP contribution in [0.2, 0.25) is 15.7 Å². The first-order chi connectivity index (χ1) is 27.0. The highest BCUT2D eigenvalue weighted by atomic mass is 35.5. The zero-order chi connectivity index (χ0) is 39.9. The average molecular weight is 846 g/mol. The van der Waals surface area contributed by atoms with E-state index in [0.29, 0.717) is 13.2 Å². The molecule has 0 fully saturated rings. The van der Waals surface area contributed by atoms with Crippen molar-refractivity contribution in [3.8, 4) is 17.0 Å². The van der Waals surface area contributed by atoms with E-state index < -0.39 is 28.1 Å². The summed E-state index contributed by atoms with van der Waals surface area (Å²) in [6, 6.07) is 20.4. The summed E-state index contributed by atoms with van der Waals surface area (Å²) in [6.07, 6.45) is 2.02. The summed E-state index contributed by atoms with van der Waals surface area (Å²) in [5.41, 5.74) is 10.3. The highest BCUT2D eigenvalue weighted by molar-refractivity contribution is 6.31. The van der Waals surface area contributed by atoms with E-state index in [1.807, 2.05) is 24.3 Å². The minimum Gasteiger partial charge on any atom is -0.494 e. The van der Waals surface area contributed by atoms with Gasteiger partial charge in [0, 0.05) is 52.9 Å². The van der Waals surface area contributed by atoms with Crippen molar-refractivity contribution in [2.75, 3.05) is 26.1 Å². The van der Waals surface area contributed by atoms with Gasteiger partial charge >= 0.3 is 5.69 Å². The van der Waals surface area contributed by atoms with Crippen molar-refractivity contribution >= 4 is 68.0 Å². The Balaban J connectivity index is 0.000000152. The Hall–Kier alpha value is -5.52. The van der Waals surface area contributed by atoms with E-state index in [0.717, 1.165) is 73.0 Å². The number of methoxy groups -OCH3 is 1. The van der Waals surface area contributed by atoms with Crippen LogP contribution in [-0.2, 0) is 35.8 Å². The van der Waals surface area contributed by atoms with Gasteiger partial charge in [-0.05, 0) is 46.8 Å². The minimum absolute atomic E-state index is 0. The van der Waals surface area contributed by atoms with Crippen molar-refractivity contribution in [3.05, 3.63) is 134 Å². The monoisotopic (exact) mass is 844 g/mol. The summed E-state index contributed by atoms with van der Waals surface area (Å²) in [7, 11) is 1.30. The van der Waals surface area contributed by atoms with Crippen LogP contribution in [0.5, 0.6) is 5.75 Å². The summed E-state index contributed by atoms with van der Waals surface area (Å²) >= 11 is 16.3. The Bertz CT molecular complexity index is 2540. The number of halogens is 6. The lowest BCUT2D eigenvalue weighted by atomic mass is 10.1. The molecule has 57 heavy (non-hydrogen) atoms. The molecule has 13 nitrogen and oxygen atoms in total.